The number of hydrogen-bond donors (Lipinski definition) is 0. The van der Waals surface area contributed by atoms with Crippen molar-refractivity contribution < 1.29 is 115 Å². The first-order valence-electron chi connectivity index (χ1n) is 31.3. The lowest BCUT2D eigenvalue weighted by molar-refractivity contribution is -0.176. The molecule has 1 spiro atoms. The fraction of sp³-hybridized carbons (Fsp3) is 0.742. The van der Waals surface area contributed by atoms with Crippen molar-refractivity contribution in [2.75, 3.05) is 0 Å². The first kappa shape index (κ1) is 49.1. The topological polar surface area (TPSA) is 347 Å². The molecule has 444 valence electrons. The van der Waals surface area contributed by atoms with E-state index in [0.717, 1.165) is 32.1 Å². The summed E-state index contributed by atoms with van der Waals surface area (Å²) in [7, 11) is 0. The van der Waals surface area contributed by atoms with Crippen molar-refractivity contribution in [3.8, 4) is 0 Å². The van der Waals surface area contributed by atoms with Gasteiger partial charge < -0.3 is 37.9 Å². The second-order valence-electron chi connectivity index (χ2n) is 30.8. The van der Waals surface area contributed by atoms with Crippen molar-refractivity contribution in [2.24, 2.45) is 230 Å². The van der Waals surface area contributed by atoms with Crippen molar-refractivity contribution in [1.82, 2.24) is 0 Å². The number of cyclic esters (lactones) is 16. The lowest BCUT2D eigenvalue weighted by atomic mass is 9.41. The average Bonchev–Trinajstić information content (AvgIpc) is 1.50. The molecule has 0 radical (unpaired) electrons. The monoisotopic (exact) mass is 1180 g/mol. The Hall–Kier alpha value is -6.88. The Bertz CT molecular complexity index is 3340. The van der Waals surface area contributed by atoms with E-state index < -0.39 is 53.2 Å². The van der Waals surface area contributed by atoms with E-state index in [4.69, 9.17) is 37.9 Å². The van der Waals surface area contributed by atoms with Crippen LogP contribution in [0.1, 0.15) is 44.9 Å². The fourth-order valence-electron chi connectivity index (χ4n) is 28.6. The highest BCUT2D eigenvalue weighted by Gasteiger charge is 2.86. The molecule has 0 N–H and O–H groups in total. The minimum Gasteiger partial charge on any atom is -0.393 e. The maximum atomic E-state index is 12.1. The molecule has 24 aliphatic rings. The predicted octanol–water partition coefficient (Wildman–Crippen LogP) is -0.0369. The minimum atomic E-state index is -0.722. The Morgan fingerprint density at radius 3 is 0.744 bits per heavy atom. The van der Waals surface area contributed by atoms with Gasteiger partial charge in [0.05, 0.1) is 94.7 Å². The lowest BCUT2D eigenvalue weighted by Crippen LogP contribution is -2.62. The predicted molar refractivity (Wildman–Crippen MR) is 256 cm³/mol. The summed E-state index contributed by atoms with van der Waals surface area (Å²) in [6.07, 6.45) is 5.57. The van der Waals surface area contributed by atoms with E-state index in [9.17, 15) is 76.7 Å². The quantitative estimate of drug-likeness (QED) is 0.133. The second-order valence-corrected chi connectivity index (χ2v) is 30.8. The van der Waals surface area contributed by atoms with Gasteiger partial charge >= 0.3 is 95.5 Å². The van der Waals surface area contributed by atoms with Crippen LogP contribution in [0, 0.1) is 230 Å². The molecule has 35 atom stereocenters. The van der Waals surface area contributed by atoms with Crippen LogP contribution >= 0.6 is 0 Å². The number of hydrogen-bond acceptors (Lipinski definition) is 24. The van der Waals surface area contributed by atoms with Crippen LogP contribution in [-0.4, -0.2) is 95.5 Å². The molecule has 0 aromatic carbocycles. The van der Waals surface area contributed by atoms with Gasteiger partial charge in [-0.2, -0.15) is 0 Å². The normalized spacial score (nSPS) is 60.5. The maximum Gasteiger partial charge on any atom is 0.320 e. The van der Waals surface area contributed by atoms with Crippen molar-refractivity contribution in [3.63, 3.8) is 0 Å². The molecule has 86 heavy (non-hydrogen) atoms. The van der Waals surface area contributed by atoms with Gasteiger partial charge in [-0.25, -0.2) is 0 Å². The molecule has 16 aliphatic carbocycles. The number of fused-ring (bicyclic) bond motifs is 55. The molecule has 0 amide bonds. The van der Waals surface area contributed by atoms with Gasteiger partial charge in [-0.3, -0.25) is 76.7 Å². The van der Waals surface area contributed by atoms with Gasteiger partial charge in [0.1, 0.15) is 0 Å². The van der Waals surface area contributed by atoms with Crippen LogP contribution in [0.2, 0.25) is 0 Å². The van der Waals surface area contributed by atoms with E-state index in [0.29, 0.717) is 65.6 Å². The molecular formula is C62H52O24. The Balaban J connectivity index is 0.0000000798. The third-order valence-electron chi connectivity index (χ3n) is 30.0. The zero-order valence-electron chi connectivity index (χ0n) is 45.2. The molecule has 24 rings (SSSR count). The number of carbonyl (C=O) groups is 16. The van der Waals surface area contributed by atoms with E-state index in [1.54, 1.807) is 0 Å². The first-order chi connectivity index (χ1) is 41.3. The summed E-state index contributed by atoms with van der Waals surface area (Å²) >= 11 is 0. The molecule has 8 saturated heterocycles. The SMILES string of the molecule is O=C1CC2(CC3CC2C2C4C(=O)OC(=O)C4C32)C(=O)O1.O=C1OC(=O)C2C1C1C3CC(C21)C1C2C(=O)OC(=O)C2C31.O=C1OC(=O)C2C1C1C3CC(C4C5CC(C34)C3C4C(=O)OC(=O)C4C53)C21.O=C1OC(=O)C2C3CC(C12)C1C2C(=O)OC(=O)C2C31. The molecule has 35 unspecified atom stereocenters. The maximum absolute atomic E-state index is 12.1. The molecule has 16 saturated carbocycles. The lowest BCUT2D eigenvalue weighted by Gasteiger charge is -2.58. The van der Waals surface area contributed by atoms with Crippen LogP contribution in [0.4, 0.5) is 0 Å². The van der Waals surface area contributed by atoms with Gasteiger partial charge in [-0.15, -0.1) is 0 Å². The summed E-state index contributed by atoms with van der Waals surface area (Å²) in [5.41, 5.74) is -0.722. The largest absolute Gasteiger partial charge is 0.393 e. The fourth-order valence-corrected chi connectivity index (χ4v) is 28.6. The van der Waals surface area contributed by atoms with E-state index in [-0.39, 0.29) is 220 Å². The highest BCUT2D eigenvalue weighted by Crippen LogP contribution is 2.83. The summed E-state index contributed by atoms with van der Waals surface area (Å²) < 4.78 is 38.5. The van der Waals surface area contributed by atoms with Gasteiger partial charge in [0.15, 0.2) is 0 Å². The number of rotatable bonds is 0. The number of carbonyl (C=O) groups excluding carboxylic acids is 16. The van der Waals surface area contributed by atoms with Gasteiger partial charge in [0, 0.05) is 0 Å². The van der Waals surface area contributed by atoms with E-state index in [1.165, 1.54) is 0 Å². The molecule has 8 heterocycles. The van der Waals surface area contributed by atoms with Gasteiger partial charge in [-0.1, -0.05) is 0 Å². The molecule has 24 fully saturated rings. The van der Waals surface area contributed by atoms with Crippen LogP contribution in [0.5, 0.6) is 0 Å². The summed E-state index contributed by atoms with van der Waals surface area (Å²) in [5, 5.41) is 0. The van der Waals surface area contributed by atoms with E-state index in [1.807, 2.05) is 0 Å². The third kappa shape index (κ3) is 4.99. The number of ether oxygens (including phenoxy) is 8. The van der Waals surface area contributed by atoms with Gasteiger partial charge in [0.2, 0.25) is 0 Å². The van der Waals surface area contributed by atoms with Crippen LogP contribution in [-0.2, 0) is 115 Å². The molecular weight excluding hydrogens is 1130 g/mol. The average molecular weight is 1180 g/mol. The van der Waals surface area contributed by atoms with Crippen molar-refractivity contribution >= 4 is 95.5 Å². The third-order valence-corrected chi connectivity index (χ3v) is 30.0. The zero-order valence-corrected chi connectivity index (χ0v) is 45.2. The zero-order chi connectivity index (χ0) is 58.3. The summed E-state index contributed by atoms with van der Waals surface area (Å²) in [6, 6.07) is 0. The standard InChI is InChI=1S/C20H18O6.C15H12O6.C14H12O6.C13H10O6/c21-17-13-9-3-1-4(10(9)14(13)18(22)25-17)8-6-2-5(7(3)8)11-12(6)16-15(11)19(23)26-20(16)24;16-12-8-4-2-1-3(6(4)10(8)14(18)20-12)7-5(2)9-11(7)15(19)21-13(9)17;15-6-3-14(13(18)19-6)2-4-1-5(14)8-7(4)9-10(8)12(17)20-11(9)16;14-10-6-2-1-3(7(6)11(15)18-10)5-4(2)8-9(5)13(17)19-12(8)16/h3-16H,1-2H2;2-11H,1H2;4-5,7-10H,1-3H2;2-9H,1H2. The first-order valence-corrected chi connectivity index (χ1v) is 31.3. The summed E-state index contributed by atoms with van der Waals surface area (Å²) in [5.74, 6) is -3.93. The number of esters is 16. The van der Waals surface area contributed by atoms with E-state index >= 15 is 0 Å². The smallest absolute Gasteiger partial charge is 0.320 e. The minimum absolute atomic E-state index is 0.00356. The molecule has 0 aromatic rings. The van der Waals surface area contributed by atoms with Crippen LogP contribution in [0.3, 0.4) is 0 Å². The van der Waals surface area contributed by atoms with E-state index in [2.05, 4.69) is 0 Å². The Labute approximate surface area is 483 Å². The van der Waals surface area contributed by atoms with Crippen LogP contribution in [0.25, 0.3) is 0 Å². The van der Waals surface area contributed by atoms with Crippen LogP contribution in [0.15, 0.2) is 0 Å². The molecule has 0 aromatic heterocycles. The molecule has 10 bridgehead atoms. The highest BCUT2D eigenvalue weighted by molar-refractivity contribution is 6.04. The molecule has 24 heteroatoms. The van der Waals surface area contributed by atoms with Gasteiger partial charge in [-0.05, 0) is 181 Å². The summed E-state index contributed by atoms with van der Waals surface area (Å²) in [6.45, 7) is 0. The van der Waals surface area contributed by atoms with Crippen LogP contribution < -0.4 is 0 Å². The van der Waals surface area contributed by atoms with Gasteiger partial charge in [0.25, 0.3) is 0 Å². The van der Waals surface area contributed by atoms with Crippen molar-refractivity contribution in [2.45, 2.75) is 44.9 Å². The second kappa shape index (κ2) is 15.0. The summed E-state index contributed by atoms with van der Waals surface area (Å²) in [4.78, 5) is 190. The molecule has 24 nitrogen and oxygen atoms in total. The van der Waals surface area contributed by atoms with Crippen molar-refractivity contribution in [3.05, 3.63) is 0 Å². The van der Waals surface area contributed by atoms with Crippen molar-refractivity contribution in [1.29, 1.82) is 0 Å². The highest BCUT2D eigenvalue weighted by atomic mass is 16.6. The molecule has 8 aliphatic heterocycles. The Morgan fingerprint density at radius 1 is 0.233 bits per heavy atom. The Morgan fingerprint density at radius 2 is 0.465 bits per heavy atom. The Kier molecular flexibility index (Phi) is 8.56.